The lowest BCUT2D eigenvalue weighted by Crippen LogP contribution is -2.32. The molecule has 2 aromatic rings. The number of amides is 1. The van der Waals surface area contributed by atoms with Crippen LogP contribution in [-0.4, -0.2) is 24.2 Å². The van der Waals surface area contributed by atoms with Crippen LogP contribution in [0.4, 0.5) is 0 Å². The van der Waals surface area contributed by atoms with Crippen LogP contribution in [0.5, 0.6) is 5.75 Å². The number of aliphatic hydroxyl groups excluding tert-OH is 1. The second-order valence-corrected chi connectivity index (χ2v) is 6.85. The fourth-order valence-electron chi connectivity index (χ4n) is 2.22. The fourth-order valence-corrected chi connectivity index (χ4v) is 2.68. The zero-order valence-electron chi connectivity index (χ0n) is 14.1. The first-order valence-corrected chi connectivity index (χ1v) is 8.75. The third-order valence-electron chi connectivity index (χ3n) is 3.73. The highest BCUT2D eigenvalue weighted by Crippen LogP contribution is 2.27. The molecular weight excluding hydrogens is 361 g/mol. The molecule has 1 unspecified atom stereocenters. The monoisotopic (exact) mass is 381 g/mol. The van der Waals surface area contributed by atoms with Gasteiger partial charge in [-0.3, -0.25) is 4.79 Å². The van der Waals surface area contributed by atoms with Crippen molar-refractivity contribution in [2.24, 2.45) is 0 Å². The predicted molar refractivity (Wildman–Crippen MR) is 100 cm³/mol. The fraction of sp³-hybridized carbons (Fsp3) is 0.316. The van der Waals surface area contributed by atoms with Gasteiger partial charge in [0.2, 0.25) is 0 Å². The van der Waals surface area contributed by atoms with Gasteiger partial charge in [0.15, 0.2) is 6.61 Å². The van der Waals surface area contributed by atoms with Crippen molar-refractivity contribution in [3.63, 3.8) is 0 Å². The number of hydrogen-bond acceptors (Lipinski definition) is 3. The van der Waals surface area contributed by atoms with Gasteiger partial charge in [-0.05, 0) is 35.2 Å². The Morgan fingerprint density at radius 3 is 2.36 bits per heavy atom. The number of carbonyl (C=O) groups is 1. The number of halogens is 2. The van der Waals surface area contributed by atoms with E-state index in [-0.39, 0.29) is 19.1 Å². The highest BCUT2D eigenvalue weighted by molar-refractivity contribution is 6.35. The van der Waals surface area contributed by atoms with Gasteiger partial charge < -0.3 is 15.2 Å². The number of aliphatic hydroxyl groups is 1. The smallest absolute Gasteiger partial charge is 0.258 e. The van der Waals surface area contributed by atoms with Gasteiger partial charge in [0.05, 0.1) is 11.1 Å². The number of carbonyl (C=O) groups excluding carboxylic acids is 1. The number of nitrogens with one attached hydrogen (secondary N) is 1. The van der Waals surface area contributed by atoms with Gasteiger partial charge in [-0.2, -0.15) is 0 Å². The molecule has 2 rings (SSSR count). The van der Waals surface area contributed by atoms with Crippen molar-refractivity contribution in [2.75, 3.05) is 13.2 Å². The van der Waals surface area contributed by atoms with Crippen molar-refractivity contribution in [3.8, 4) is 5.75 Å². The largest absolute Gasteiger partial charge is 0.482 e. The zero-order chi connectivity index (χ0) is 18.4. The average molecular weight is 382 g/mol. The lowest BCUT2D eigenvalue weighted by molar-refractivity contribution is -0.123. The Morgan fingerprint density at radius 2 is 1.76 bits per heavy atom. The van der Waals surface area contributed by atoms with Gasteiger partial charge in [-0.15, -0.1) is 0 Å². The third kappa shape index (κ3) is 5.92. The summed E-state index contributed by atoms with van der Waals surface area (Å²) in [4.78, 5) is 11.9. The molecular formula is C19H21Cl2NO3. The number of benzene rings is 2. The van der Waals surface area contributed by atoms with Gasteiger partial charge in [-0.25, -0.2) is 0 Å². The SMILES string of the molecule is CC(C)c1ccc(C(O)CNC(=O)COc2ccc(Cl)cc2Cl)cc1. The van der Waals surface area contributed by atoms with Crippen LogP contribution in [0.3, 0.4) is 0 Å². The summed E-state index contributed by atoms with van der Waals surface area (Å²) in [6.45, 7) is 4.13. The Kier molecular flexibility index (Phi) is 7.12. The van der Waals surface area contributed by atoms with Crippen LogP contribution in [0.1, 0.15) is 37.0 Å². The summed E-state index contributed by atoms with van der Waals surface area (Å²) in [5.74, 6) is 0.470. The second-order valence-electron chi connectivity index (χ2n) is 6.00. The summed E-state index contributed by atoms with van der Waals surface area (Å²) < 4.78 is 5.35. The molecule has 0 aliphatic heterocycles. The molecule has 4 nitrogen and oxygen atoms in total. The number of hydrogen-bond donors (Lipinski definition) is 2. The summed E-state index contributed by atoms with van der Waals surface area (Å²) in [5.41, 5.74) is 1.96. The van der Waals surface area contributed by atoms with Gasteiger partial charge in [0, 0.05) is 11.6 Å². The van der Waals surface area contributed by atoms with Crippen LogP contribution in [0.2, 0.25) is 10.0 Å². The van der Waals surface area contributed by atoms with E-state index in [9.17, 15) is 9.90 Å². The molecule has 0 fully saturated rings. The average Bonchev–Trinajstić information content (AvgIpc) is 2.59. The van der Waals surface area contributed by atoms with E-state index in [2.05, 4.69) is 19.2 Å². The molecule has 2 aromatic carbocycles. The molecule has 0 saturated carbocycles. The van der Waals surface area contributed by atoms with Gasteiger partial charge >= 0.3 is 0 Å². The Labute approximate surface area is 157 Å². The molecule has 2 N–H and O–H groups in total. The maximum atomic E-state index is 11.9. The molecule has 0 aromatic heterocycles. The zero-order valence-corrected chi connectivity index (χ0v) is 15.6. The lowest BCUT2D eigenvalue weighted by Gasteiger charge is -2.14. The molecule has 6 heteroatoms. The Balaban J connectivity index is 1.80. The van der Waals surface area contributed by atoms with Crippen LogP contribution >= 0.6 is 23.2 Å². The highest BCUT2D eigenvalue weighted by Gasteiger charge is 2.11. The first-order chi connectivity index (χ1) is 11.9. The standard InChI is InChI=1S/C19H21Cl2NO3/c1-12(2)13-3-5-14(6-4-13)17(23)10-22-19(24)11-25-18-8-7-15(20)9-16(18)21/h3-9,12,17,23H,10-11H2,1-2H3,(H,22,24). The highest BCUT2D eigenvalue weighted by atomic mass is 35.5. The van der Waals surface area contributed by atoms with Gasteiger partial charge in [0.1, 0.15) is 5.75 Å². The molecule has 1 amide bonds. The molecule has 0 bridgehead atoms. The first kappa shape index (κ1) is 19.6. The molecule has 25 heavy (non-hydrogen) atoms. The van der Waals surface area contributed by atoms with Crippen molar-refractivity contribution in [1.82, 2.24) is 5.32 Å². The maximum absolute atomic E-state index is 11.9. The molecule has 0 aliphatic rings. The van der Waals surface area contributed by atoms with E-state index in [4.69, 9.17) is 27.9 Å². The summed E-state index contributed by atoms with van der Waals surface area (Å²) >= 11 is 11.8. The maximum Gasteiger partial charge on any atom is 0.258 e. The van der Waals surface area contributed by atoms with Crippen molar-refractivity contribution in [1.29, 1.82) is 0 Å². The van der Waals surface area contributed by atoms with Crippen LogP contribution in [0, 0.1) is 0 Å². The van der Waals surface area contributed by atoms with Crippen molar-refractivity contribution < 1.29 is 14.6 Å². The van der Waals surface area contributed by atoms with E-state index in [0.717, 1.165) is 5.56 Å². The molecule has 0 spiro atoms. The Morgan fingerprint density at radius 1 is 1.12 bits per heavy atom. The summed E-state index contributed by atoms with van der Waals surface area (Å²) in [6, 6.07) is 12.5. The van der Waals surface area contributed by atoms with Gasteiger partial charge in [0.25, 0.3) is 5.91 Å². The van der Waals surface area contributed by atoms with Crippen molar-refractivity contribution >= 4 is 29.1 Å². The van der Waals surface area contributed by atoms with E-state index < -0.39 is 6.10 Å². The summed E-state index contributed by atoms with van der Waals surface area (Å²) in [6.07, 6.45) is -0.774. The van der Waals surface area contributed by atoms with Crippen LogP contribution in [0.25, 0.3) is 0 Å². The minimum Gasteiger partial charge on any atom is -0.482 e. The topological polar surface area (TPSA) is 58.6 Å². The van der Waals surface area contributed by atoms with E-state index in [1.54, 1.807) is 18.2 Å². The summed E-state index contributed by atoms with van der Waals surface area (Å²) in [7, 11) is 0. The minimum atomic E-state index is -0.774. The quantitative estimate of drug-likeness (QED) is 0.749. The van der Waals surface area contributed by atoms with E-state index in [1.165, 1.54) is 5.56 Å². The molecule has 134 valence electrons. The van der Waals surface area contributed by atoms with E-state index >= 15 is 0 Å². The number of ether oxygens (including phenoxy) is 1. The van der Waals surface area contributed by atoms with E-state index in [1.807, 2.05) is 24.3 Å². The summed E-state index contributed by atoms with van der Waals surface area (Å²) in [5, 5.41) is 13.6. The number of rotatable bonds is 7. The van der Waals surface area contributed by atoms with E-state index in [0.29, 0.717) is 21.7 Å². The van der Waals surface area contributed by atoms with Gasteiger partial charge in [-0.1, -0.05) is 61.3 Å². The minimum absolute atomic E-state index is 0.109. The molecule has 0 heterocycles. The van der Waals surface area contributed by atoms with Crippen LogP contribution in [0.15, 0.2) is 42.5 Å². The van der Waals surface area contributed by atoms with Crippen LogP contribution in [-0.2, 0) is 4.79 Å². The molecule has 1 atom stereocenters. The Hall–Kier alpha value is -1.75. The van der Waals surface area contributed by atoms with Crippen LogP contribution < -0.4 is 10.1 Å². The molecule has 0 saturated heterocycles. The third-order valence-corrected chi connectivity index (χ3v) is 4.26. The molecule has 0 radical (unpaired) electrons. The molecule has 0 aliphatic carbocycles. The normalized spacial score (nSPS) is 12.1. The van der Waals surface area contributed by atoms with Crippen molar-refractivity contribution in [3.05, 3.63) is 63.6 Å². The van der Waals surface area contributed by atoms with Crippen molar-refractivity contribution in [2.45, 2.75) is 25.9 Å². The first-order valence-electron chi connectivity index (χ1n) is 7.99. The Bertz CT molecular complexity index is 717. The predicted octanol–water partition coefficient (Wildman–Crippen LogP) is 4.35. The lowest BCUT2D eigenvalue weighted by atomic mass is 10.00. The second kappa shape index (κ2) is 9.09.